The predicted octanol–water partition coefficient (Wildman–Crippen LogP) is 1.31. The number of amides is 1. The zero-order valence-corrected chi connectivity index (χ0v) is 13.5. The van der Waals surface area contributed by atoms with Gasteiger partial charge in [0.15, 0.2) is 0 Å². The Morgan fingerprint density at radius 1 is 1.19 bits per heavy atom. The van der Waals surface area contributed by atoms with Crippen LogP contribution in [0.2, 0.25) is 0 Å². The third kappa shape index (κ3) is 5.35. The Morgan fingerprint density at radius 2 is 1.81 bits per heavy atom. The molecule has 1 rings (SSSR count). The van der Waals surface area contributed by atoms with E-state index >= 15 is 0 Å². The first-order valence-corrected chi connectivity index (χ1v) is 8.53. The average molecular weight is 313 g/mol. The van der Waals surface area contributed by atoms with Gasteiger partial charge >= 0.3 is 0 Å². The van der Waals surface area contributed by atoms with Crippen molar-refractivity contribution in [2.75, 3.05) is 18.4 Å². The van der Waals surface area contributed by atoms with Gasteiger partial charge in [0, 0.05) is 18.8 Å². The number of rotatable bonds is 8. The van der Waals surface area contributed by atoms with Crippen molar-refractivity contribution >= 4 is 21.6 Å². The number of nitrogens with one attached hydrogen (secondary N) is 3. The number of benzene rings is 1. The topological polar surface area (TPSA) is 87.3 Å². The van der Waals surface area contributed by atoms with Crippen molar-refractivity contribution in [3.05, 3.63) is 24.3 Å². The summed E-state index contributed by atoms with van der Waals surface area (Å²) in [4.78, 5) is 11.9. The van der Waals surface area contributed by atoms with Gasteiger partial charge in [0.25, 0.3) is 0 Å². The molecule has 0 bridgehead atoms. The fourth-order valence-corrected chi connectivity index (χ4v) is 2.76. The first kappa shape index (κ1) is 17.5. The van der Waals surface area contributed by atoms with Gasteiger partial charge in [0.05, 0.1) is 4.90 Å². The molecular formula is C14H23N3O3S. The van der Waals surface area contributed by atoms with E-state index in [2.05, 4.69) is 15.4 Å². The van der Waals surface area contributed by atoms with Crippen LogP contribution in [0.5, 0.6) is 0 Å². The van der Waals surface area contributed by atoms with Crippen molar-refractivity contribution < 1.29 is 13.2 Å². The molecule has 0 heterocycles. The Hall–Kier alpha value is -1.60. The molecule has 0 saturated carbocycles. The Labute approximate surface area is 126 Å². The molecule has 0 aliphatic heterocycles. The maximum Gasteiger partial charge on any atom is 0.242 e. The summed E-state index contributed by atoms with van der Waals surface area (Å²) in [5, 5.41) is 5.83. The molecule has 0 saturated heterocycles. The zero-order valence-electron chi connectivity index (χ0n) is 12.6. The minimum absolute atomic E-state index is 0.0822. The maximum absolute atomic E-state index is 11.8. The Balaban J connectivity index is 2.69. The third-order valence-corrected chi connectivity index (χ3v) is 4.39. The van der Waals surface area contributed by atoms with Crippen molar-refractivity contribution in [2.45, 2.75) is 38.1 Å². The number of carbonyl (C=O) groups is 1. The zero-order chi connectivity index (χ0) is 15.9. The highest BCUT2D eigenvalue weighted by Gasteiger charge is 2.14. The minimum Gasteiger partial charge on any atom is -0.374 e. The van der Waals surface area contributed by atoms with Crippen LogP contribution in [0.4, 0.5) is 5.69 Å². The molecular weight excluding hydrogens is 290 g/mol. The van der Waals surface area contributed by atoms with Crippen LogP contribution >= 0.6 is 0 Å². The van der Waals surface area contributed by atoms with E-state index in [4.69, 9.17) is 0 Å². The van der Waals surface area contributed by atoms with Crippen LogP contribution in [-0.2, 0) is 14.8 Å². The summed E-state index contributed by atoms with van der Waals surface area (Å²) in [5.41, 5.74) is 0.699. The second-order valence-corrected chi connectivity index (χ2v) is 6.45. The minimum atomic E-state index is -3.44. The van der Waals surface area contributed by atoms with Crippen LogP contribution in [0.25, 0.3) is 0 Å². The summed E-state index contributed by atoms with van der Waals surface area (Å²) < 4.78 is 26.0. The van der Waals surface area contributed by atoms with E-state index in [-0.39, 0.29) is 16.8 Å². The highest BCUT2D eigenvalue weighted by atomic mass is 32.2. The summed E-state index contributed by atoms with van der Waals surface area (Å²) >= 11 is 0. The lowest BCUT2D eigenvalue weighted by molar-refractivity contribution is -0.121. The molecule has 0 spiro atoms. The van der Waals surface area contributed by atoms with Crippen LogP contribution in [0.1, 0.15) is 27.2 Å². The molecule has 7 heteroatoms. The molecule has 0 fully saturated rings. The molecule has 1 unspecified atom stereocenters. The number of hydrogen-bond acceptors (Lipinski definition) is 4. The predicted molar refractivity (Wildman–Crippen MR) is 83.7 cm³/mol. The van der Waals surface area contributed by atoms with E-state index in [1.165, 1.54) is 12.1 Å². The maximum atomic E-state index is 11.8. The second-order valence-electron chi connectivity index (χ2n) is 4.68. The molecule has 118 valence electrons. The van der Waals surface area contributed by atoms with E-state index in [0.717, 1.165) is 6.42 Å². The number of hydrogen-bond donors (Lipinski definition) is 3. The van der Waals surface area contributed by atoms with Crippen LogP contribution in [-0.4, -0.2) is 33.5 Å². The first-order valence-electron chi connectivity index (χ1n) is 7.04. The lowest BCUT2D eigenvalue weighted by atomic mass is 10.2. The molecule has 3 N–H and O–H groups in total. The summed E-state index contributed by atoms with van der Waals surface area (Å²) in [5.74, 6) is -0.0822. The van der Waals surface area contributed by atoms with E-state index in [0.29, 0.717) is 18.8 Å². The number of carbonyl (C=O) groups excluding carboxylic acids is 1. The van der Waals surface area contributed by atoms with Gasteiger partial charge in [-0.3, -0.25) is 4.79 Å². The summed E-state index contributed by atoms with van der Waals surface area (Å²) in [7, 11) is -3.44. The van der Waals surface area contributed by atoms with Gasteiger partial charge in [0.2, 0.25) is 15.9 Å². The lowest BCUT2D eigenvalue weighted by Crippen LogP contribution is -2.37. The summed E-state index contributed by atoms with van der Waals surface area (Å²) in [6.45, 7) is 6.46. The van der Waals surface area contributed by atoms with E-state index in [1.807, 2.05) is 6.92 Å². The van der Waals surface area contributed by atoms with Crippen LogP contribution in [0.3, 0.4) is 0 Å². The molecule has 1 atom stereocenters. The van der Waals surface area contributed by atoms with Crippen LogP contribution in [0.15, 0.2) is 29.2 Å². The highest BCUT2D eigenvalue weighted by molar-refractivity contribution is 7.89. The van der Waals surface area contributed by atoms with Gasteiger partial charge in [-0.05, 0) is 37.6 Å². The summed E-state index contributed by atoms with van der Waals surface area (Å²) in [6, 6.07) is 5.93. The van der Waals surface area contributed by atoms with Crippen LogP contribution in [0, 0.1) is 0 Å². The molecule has 21 heavy (non-hydrogen) atoms. The van der Waals surface area contributed by atoms with Gasteiger partial charge in [-0.2, -0.15) is 0 Å². The quantitative estimate of drug-likeness (QED) is 0.675. The monoisotopic (exact) mass is 313 g/mol. The fourth-order valence-electron chi connectivity index (χ4n) is 1.72. The average Bonchev–Trinajstić information content (AvgIpc) is 2.45. The van der Waals surface area contributed by atoms with Gasteiger partial charge in [0.1, 0.15) is 6.04 Å². The van der Waals surface area contributed by atoms with Crippen molar-refractivity contribution in [3.8, 4) is 0 Å². The molecule has 0 aromatic heterocycles. The fraction of sp³-hybridized carbons (Fsp3) is 0.500. The van der Waals surface area contributed by atoms with Gasteiger partial charge in [-0.15, -0.1) is 0 Å². The SMILES string of the molecule is CCCNC(=O)C(C)Nc1ccc(S(=O)(=O)NCC)cc1. The number of sulfonamides is 1. The Bertz CT molecular complexity index is 555. The van der Waals surface area contributed by atoms with Gasteiger partial charge in [-0.1, -0.05) is 13.8 Å². The third-order valence-electron chi connectivity index (χ3n) is 2.82. The molecule has 1 aromatic carbocycles. The first-order chi connectivity index (χ1) is 9.90. The van der Waals surface area contributed by atoms with Crippen molar-refractivity contribution in [2.24, 2.45) is 0 Å². The molecule has 0 aliphatic carbocycles. The normalized spacial score (nSPS) is 12.7. The van der Waals surface area contributed by atoms with E-state index < -0.39 is 10.0 Å². The smallest absolute Gasteiger partial charge is 0.242 e. The second kappa shape index (κ2) is 7.99. The molecule has 1 aromatic rings. The van der Waals surface area contributed by atoms with E-state index in [1.54, 1.807) is 26.0 Å². The molecule has 0 radical (unpaired) electrons. The van der Waals surface area contributed by atoms with Gasteiger partial charge in [-0.25, -0.2) is 13.1 Å². The van der Waals surface area contributed by atoms with Gasteiger partial charge < -0.3 is 10.6 Å². The van der Waals surface area contributed by atoms with Crippen LogP contribution < -0.4 is 15.4 Å². The molecule has 1 amide bonds. The Morgan fingerprint density at radius 3 is 2.33 bits per heavy atom. The number of anilines is 1. The van der Waals surface area contributed by atoms with E-state index in [9.17, 15) is 13.2 Å². The molecule has 0 aliphatic rings. The van der Waals surface area contributed by atoms with Crippen molar-refractivity contribution in [1.82, 2.24) is 10.0 Å². The highest BCUT2D eigenvalue weighted by Crippen LogP contribution is 2.14. The summed E-state index contributed by atoms with van der Waals surface area (Å²) in [6.07, 6.45) is 0.884. The van der Waals surface area contributed by atoms with Crippen molar-refractivity contribution in [1.29, 1.82) is 0 Å². The standard InChI is InChI=1S/C14H23N3O3S/c1-4-10-15-14(18)11(3)17-12-6-8-13(9-7-12)21(19,20)16-5-2/h6-9,11,16-17H,4-5,10H2,1-3H3,(H,15,18). The van der Waals surface area contributed by atoms with Crippen molar-refractivity contribution in [3.63, 3.8) is 0 Å². The Kier molecular flexibility index (Phi) is 6.64. The lowest BCUT2D eigenvalue weighted by Gasteiger charge is -2.15. The molecule has 6 nitrogen and oxygen atoms in total. The largest absolute Gasteiger partial charge is 0.374 e.